The Bertz CT molecular complexity index is 839. The predicted molar refractivity (Wildman–Crippen MR) is 128 cm³/mol. The van der Waals surface area contributed by atoms with Crippen LogP contribution in [0.1, 0.15) is 83.3 Å². The SMILES string of the molecule is CCCCCc1cc(O[C@@H]2O[C@H](CO)[C@@H](O)[C@H](O)[C@H]2O)c2c(c1)OC(C)(C)[C@@H]1CC[C@@H](C)C[C@@H]21. The zero-order valence-corrected chi connectivity index (χ0v) is 20.9. The summed E-state index contributed by atoms with van der Waals surface area (Å²) >= 11 is 0. The van der Waals surface area contributed by atoms with Crippen LogP contribution >= 0.6 is 0 Å². The summed E-state index contributed by atoms with van der Waals surface area (Å²) in [5, 5.41) is 40.7. The molecule has 0 unspecified atom stereocenters. The molecule has 1 aromatic carbocycles. The van der Waals surface area contributed by atoms with Gasteiger partial charge in [0.2, 0.25) is 6.29 Å². The molecule has 2 aliphatic heterocycles. The Labute approximate surface area is 203 Å². The minimum atomic E-state index is -1.47. The molecule has 2 fully saturated rings. The van der Waals surface area contributed by atoms with E-state index in [1.165, 1.54) is 6.42 Å². The fraction of sp³-hybridized carbons (Fsp3) is 0.778. The number of benzene rings is 1. The molecule has 4 N–H and O–H groups in total. The van der Waals surface area contributed by atoms with Gasteiger partial charge in [0.05, 0.1) is 6.61 Å². The van der Waals surface area contributed by atoms with Crippen LogP contribution in [-0.2, 0) is 11.2 Å². The molecule has 0 radical (unpaired) electrons. The van der Waals surface area contributed by atoms with Crippen molar-refractivity contribution in [2.45, 2.75) is 115 Å². The maximum absolute atomic E-state index is 10.6. The Morgan fingerprint density at radius 2 is 1.82 bits per heavy atom. The van der Waals surface area contributed by atoms with E-state index in [1.807, 2.05) is 6.07 Å². The molecule has 192 valence electrons. The molecule has 7 heteroatoms. The summed E-state index contributed by atoms with van der Waals surface area (Å²) < 4.78 is 18.6. The molecule has 1 saturated heterocycles. The van der Waals surface area contributed by atoms with E-state index in [4.69, 9.17) is 14.2 Å². The van der Waals surface area contributed by atoms with Gasteiger partial charge in [-0.1, -0.05) is 33.1 Å². The van der Waals surface area contributed by atoms with Crippen LogP contribution in [0.2, 0.25) is 0 Å². The summed E-state index contributed by atoms with van der Waals surface area (Å²) in [5.41, 5.74) is 1.82. The third-order valence-electron chi connectivity index (χ3n) is 8.07. The smallest absolute Gasteiger partial charge is 0.229 e. The fourth-order valence-electron chi connectivity index (χ4n) is 6.11. The highest BCUT2D eigenvalue weighted by Gasteiger charge is 2.49. The topological polar surface area (TPSA) is 109 Å². The number of ether oxygens (including phenoxy) is 3. The highest BCUT2D eigenvalue weighted by Crippen LogP contribution is 2.56. The molecule has 0 bridgehead atoms. The molecular formula is C27H42O7. The first-order valence-corrected chi connectivity index (χ1v) is 13.0. The van der Waals surface area contributed by atoms with E-state index in [1.54, 1.807) is 0 Å². The lowest BCUT2D eigenvalue weighted by Gasteiger charge is -2.49. The van der Waals surface area contributed by atoms with Crippen molar-refractivity contribution in [3.05, 3.63) is 23.3 Å². The summed E-state index contributed by atoms with van der Waals surface area (Å²) in [6.45, 7) is 8.32. The first-order valence-electron chi connectivity index (χ1n) is 13.0. The van der Waals surface area contributed by atoms with E-state index in [0.29, 0.717) is 17.6 Å². The van der Waals surface area contributed by atoms with Gasteiger partial charge in [-0.25, -0.2) is 0 Å². The highest BCUT2D eigenvalue weighted by atomic mass is 16.7. The molecule has 3 aliphatic rings. The summed E-state index contributed by atoms with van der Waals surface area (Å²) in [7, 11) is 0. The van der Waals surface area contributed by atoms with Crippen molar-refractivity contribution in [3.8, 4) is 11.5 Å². The Balaban J connectivity index is 1.72. The molecule has 1 aromatic rings. The fourth-order valence-corrected chi connectivity index (χ4v) is 6.11. The minimum absolute atomic E-state index is 0.257. The van der Waals surface area contributed by atoms with Gasteiger partial charge in [-0.15, -0.1) is 0 Å². The van der Waals surface area contributed by atoms with E-state index in [0.717, 1.165) is 55.4 Å². The second-order valence-electron chi connectivity index (χ2n) is 11.1. The molecule has 4 rings (SSSR count). The molecule has 1 aliphatic carbocycles. The van der Waals surface area contributed by atoms with Crippen LogP contribution in [0.15, 0.2) is 12.1 Å². The Morgan fingerprint density at radius 1 is 1.06 bits per heavy atom. The number of aryl methyl sites for hydroxylation is 1. The number of unbranched alkanes of at least 4 members (excludes halogenated alkanes) is 2. The predicted octanol–water partition coefficient (Wildman–Crippen LogP) is 3.29. The molecule has 0 amide bonds. The second kappa shape index (κ2) is 10.3. The maximum atomic E-state index is 10.6. The average Bonchev–Trinajstić information content (AvgIpc) is 2.78. The first-order chi connectivity index (χ1) is 16.2. The summed E-state index contributed by atoms with van der Waals surface area (Å²) in [5.74, 6) is 2.63. The lowest BCUT2D eigenvalue weighted by atomic mass is 9.64. The zero-order chi connectivity index (χ0) is 24.6. The molecule has 7 nitrogen and oxygen atoms in total. The lowest BCUT2D eigenvalue weighted by Crippen LogP contribution is -2.60. The normalized spacial score (nSPS) is 36.8. The molecule has 0 aromatic heterocycles. The van der Waals surface area contributed by atoms with Crippen LogP contribution in [0, 0.1) is 11.8 Å². The Hall–Kier alpha value is -1.38. The van der Waals surface area contributed by atoms with E-state index >= 15 is 0 Å². The number of rotatable bonds is 7. The third-order valence-corrected chi connectivity index (χ3v) is 8.07. The standard InChI is InChI=1S/C27H42O7/c1-5-6-7-8-16-12-19(32-26-25(31)24(30)23(29)21(14-28)33-26)22-17-11-15(2)9-10-18(17)27(3,4)34-20(22)13-16/h12-13,15,17-18,21,23-26,28-31H,5-11,14H2,1-4H3/t15-,17-,18-,21-,23-,24+,25-,26-/m1/s1. The van der Waals surface area contributed by atoms with Crippen molar-refractivity contribution in [2.24, 2.45) is 11.8 Å². The Kier molecular flexibility index (Phi) is 7.80. The van der Waals surface area contributed by atoms with Gasteiger partial charge in [-0.3, -0.25) is 0 Å². The highest BCUT2D eigenvalue weighted by molar-refractivity contribution is 5.53. The monoisotopic (exact) mass is 478 g/mol. The van der Waals surface area contributed by atoms with Crippen molar-refractivity contribution in [2.75, 3.05) is 6.61 Å². The molecular weight excluding hydrogens is 436 g/mol. The van der Waals surface area contributed by atoms with Crippen LogP contribution in [0.5, 0.6) is 11.5 Å². The van der Waals surface area contributed by atoms with Crippen molar-refractivity contribution in [1.82, 2.24) is 0 Å². The number of fused-ring (bicyclic) bond motifs is 3. The van der Waals surface area contributed by atoms with E-state index in [9.17, 15) is 20.4 Å². The minimum Gasteiger partial charge on any atom is -0.487 e. The van der Waals surface area contributed by atoms with Crippen molar-refractivity contribution in [1.29, 1.82) is 0 Å². The third kappa shape index (κ3) is 4.96. The molecule has 2 heterocycles. The van der Waals surface area contributed by atoms with Gasteiger partial charge in [0.1, 0.15) is 41.5 Å². The second-order valence-corrected chi connectivity index (χ2v) is 11.1. The van der Waals surface area contributed by atoms with Crippen LogP contribution in [0.4, 0.5) is 0 Å². The largest absolute Gasteiger partial charge is 0.487 e. The first kappa shape index (κ1) is 25.7. The van der Waals surface area contributed by atoms with Gasteiger partial charge in [0, 0.05) is 11.5 Å². The maximum Gasteiger partial charge on any atom is 0.229 e. The van der Waals surface area contributed by atoms with Gasteiger partial charge in [-0.2, -0.15) is 0 Å². The van der Waals surface area contributed by atoms with Crippen LogP contribution in [0.3, 0.4) is 0 Å². The summed E-state index contributed by atoms with van der Waals surface area (Å²) in [6.07, 6.45) is 0.936. The average molecular weight is 479 g/mol. The summed E-state index contributed by atoms with van der Waals surface area (Å²) in [6, 6.07) is 4.16. The number of aliphatic hydroxyl groups is 4. The lowest BCUT2D eigenvalue weighted by molar-refractivity contribution is -0.277. The van der Waals surface area contributed by atoms with Crippen LogP contribution in [-0.4, -0.2) is 63.3 Å². The molecule has 0 spiro atoms. The molecule has 34 heavy (non-hydrogen) atoms. The Morgan fingerprint density at radius 3 is 2.53 bits per heavy atom. The number of hydrogen-bond acceptors (Lipinski definition) is 7. The number of aliphatic hydroxyl groups excluding tert-OH is 4. The molecule has 8 atom stereocenters. The van der Waals surface area contributed by atoms with Crippen molar-refractivity contribution < 1.29 is 34.6 Å². The van der Waals surface area contributed by atoms with Gasteiger partial charge in [0.25, 0.3) is 0 Å². The van der Waals surface area contributed by atoms with Crippen molar-refractivity contribution in [3.63, 3.8) is 0 Å². The van der Waals surface area contributed by atoms with Gasteiger partial charge in [0.15, 0.2) is 0 Å². The van der Waals surface area contributed by atoms with Gasteiger partial charge in [-0.05, 0) is 69.1 Å². The number of hydrogen-bond donors (Lipinski definition) is 4. The quantitative estimate of drug-likeness (QED) is 0.445. The summed E-state index contributed by atoms with van der Waals surface area (Å²) in [4.78, 5) is 0. The van der Waals surface area contributed by atoms with E-state index in [2.05, 4.69) is 33.8 Å². The van der Waals surface area contributed by atoms with E-state index in [-0.39, 0.29) is 11.5 Å². The molecule has 1 saturated carbocycles. The van der Waals surface area contributed by atoms with Crippen LogP contribution in [0.25, 0.3) is 0 Å². The van der Waals surface area contributed by atoms with Crippen molar-refractivity contribution >= 4 is 0 Å². The van der Waals surface area contributed by atoms with Crippen LogP contribution < -0.4 is 9.47 Å². The van der Waals surface area contributed by atoms with Gasteiger partial charge >= 0.3 is 0 Å². The zero-order valence-electron chi connectivity index (χ0n) is 20.9. The van der Waals surface area contributed by atoms with E-state index < -0.39 is 37.3 Å². The van der Waals surface area contributed by atoms with Gasteiger partial charge < -0.3 is 34.6 Å².